The summed E-state index contributed by atoms with van der Waals surface area (Å²) in [5.41, 5.74) is 3.07. The van der Waals surface area contributed by atoms with Crippen molar-refractivity contribution >= 4 is 50.7 Å². The molecule has 3 aromatic rings. The van der Waals surface area contributed by atoms with Gasteiger partial charge in [-0.3, -0.25) is 13.9 Å². The number of benzene rings is 3. The zero-order chi connectivity index (χ0) is 30.7. The molecule has 0 saturated carbocycles. The van der Waals surface area contributed by atoms with Gasteiger partial charge in [-0.25, -0.2) is 8.42 Å². The molecule has 0 spiro atoms. The van der Waals surface area contributed by atoms with Crippen molar-refractivity contribution in [1.29, 1.82) is 0 Å². The maximum Gasteiger partial charge on any atom is 0.264 e. The highest BCUT2D eigenvalue weighted by Gasteiger charge is 2.33. The fraction of sp³-hybridized carbons (Fsp3) is 0.355. The van der Waals surface area contributed by atoms with Crippen LogP contribution in [0.15, 0.2) is 65.6 Å². The molecule has 10 heteroatoms. The zero-order valence-electron chi connectivity index (χ0n) is 24.5. The molecule has 0 aliphatic rings. The summed E-state index contributed by atoms with van der Waals surface area (Å²) in [6.07, 6.45) is 0. The van der Waals surface area contributed by atoms with Crippen molar-refractivity contribution < 1.29 is 18.0 Å². The van der Waals surface area contributed by atoms with Crippen molar-refractivity contribution in [2.75, 3.05) is 10.8 Å². The fourth-order valence-electron chi connectivity index (χ4n) is 4.35. The molecule has 0 aromatic heterocycles. The normalized spacial score (nSPS) is 12.5. The number of aryl methyl sites for hydroxylation is 3. The number of sulfonamides is 1. The Morgan fingerprint density at radius 3 is 1.98 bits per heavy atom. The van der Waals surface area contributed by atoms with Crippen molar-refractivity contribution in [3.63, 3.8) is 0 Å². The highest BCUT2D eigenvalue weighted by molar-refractivity contribution is 7.92. The quantitative estimate of drug-likeness (QED) is 0.299. The second-order valence-electron chi connectivity index (χ2n) is 11.4. The standard InChI is InChI=1S/C31H37Cl2N3O4S/c1-20-8-11-26(12-9-20)41(39,40)36(25-15-21(2)14-22(3)16-25)19-29(37)35(23(4)30(38)34-31(5,6)7)18-24-10-13-27(32)28(33)17-24/h8-17,23H,18-19H2,1-7H3,(H,34,38)/t23-/m1/s1. The molecule has 0 radical (unpaired) electrons. The number of anilines is 1. The van der Waals surface area contributed by atoms with Crippen LogP contribution in [-0.4, -0.2) is 43.3 Å². The van der Waals surface area contributed by atoms with Crippen LogP contribution in [0.3, 0.4) is 0 Å². The van der Waals surface area contributed by atoms with Gasteiger partial charge in [-0.05, 0) is 102 Å². The van der Waals surface area contributed by atoms with Crippen molar-refractivity contribution in [1.82, 2.24) is 10.2 Å². The third kappa shape index (κ3) is 8.47. The highest BCUT2D eigenvalue weighted by atomic mass is 35.5. The lowest BCUT2D eigenvalue weighted by Gasteiger charge is -2.33. The van der Waals surface area contributed by atoms with Crippen LogP contribution in [0.2, 0.25) is 10.0 Å². The number of halogens is 2. The van der Waals surface area contributed by atoms with Crippen molar-refractivity contribution in [2.24, 2.45) is 0 Å². The molecule has 7 nitrogen and oxygen atoms in total. The minimum absolute atomic E-state index is 0.0136. The van der Waals surface area contributed by atoms with Crippen LogP contribution in [0.25, 0.3) is 0 Å². The first-order chi connectivity index (χ1) is 19.0. The molecule has 3 aromatic carbocycles. The second-order valence-corrected chi connectivity index (χ2v) is 14.0. The van der Waals surface area contributed by atoms with Crippen molar-refractivity contribution in [2.45, 2.75) is 71.5 Å². The summed E-state index contributed by atoms with van der Waals surface area (Å²) in [5.74, 6) is -0.923. The van der Waals surface area contributed by atoms with Gasteiger partial charge in [0.25, 0.3) is 10.0 Å². The zero-order valence-corrected chi connectivity index (χ0v) is 26.8. The van der Waals surface area contributed by atoms with E-state index in [1.807, 2.05) is 47.6 Å². The Morgan fingerprint density at radius 1 is 0.854 bits per heavy atom. The lowest BCUT2D eigenvalue weighted by Crippen LogP contribution is -2.54. The summed E-state index contributed by atoms with van der Waals surface area (Å²) in [4.78, 5) is 28.7. The van der Waals surface area contributed by atoms with Crippen LogP contribution >= 0.6 is 23.2 Å². The predicted octanol–water partition coefficient (Wildman–Crippen LogP) is 6.45. The van der Waals surface area contributed by atoms with Gasteiger partial charge in [-0.2, -0.15) is 0 Å². The molecule has 41 heavy (non-hydrogen) atoms. The van der Waals surface area contributed by atoms with Crippen molar-refractivity contribution in [3.05, 3.63) is 93.0 Å². The number of nitrogens with zero attached hydrogens (tertiary/aromatic N) is 2. The van der Waals surface area contributed by atoms with E-state index in [4.69, 9.17) is 23.2 Å². The average Bonchev–Trinajstić information content (AvgIpc) is 2.85. The first-order valence-electron chi connectivity index (χ1n) is 13.2. The molecule has 1 atom stereocenters. The number of rotatable bonds is 9. The highest BCUT2D eigenvalue weighted by Crippen LogP contribution is 2.28. The first-order valence-corrected chi connectivity index (χ1v) is 15.4. The Hall–Kier alpha value is -3.07. The topological polar surface area (TPSA) is 86.8 Å². The SMILES string of the molecule is Cc1ccc(S(=O)(=O)N(CC(=O)N(Cc2ccc(Cl)c(Cl)c2)[C@H](C)C(=O)NC(C)(C)C)c2cc(C)cc(C)c2)cc1. The van der Waals surface area contributed by atoms with Gasteiger partial charge in [0.05, 0.1) is 20.6 Å². The van der Waals surface area contributed by atoms with E-state index in [1.54, 1.807) is 49.4 Å². The molecule has 0 heterocycles. The van der Waals surface area contributed by atoms with E-state index in [1.165, 1.54) is 17.0 Å². The van der Waals surface area contributed by atoms with E-state index in [0.29, 0.717) is 21.3 Å². The van der Waals surface area contributed by atoms with Gasteiger partial charge in [0.2, 0.25) is 11.8 Å². The molecule has 1 N–H and O–H groups in total. The number of carbonyl (C=O) groups excluding carboxylic acids is 2. The molecule has 2 amide bonds. The van der Waals surface area contributed by atoms with Crippen LogP contribution < -0.4 is 9.62 Å². The van der Waals surface area contributed by atoms with E-state index >= 15 is 0 Å². The monoisotopic (exact) mass is 617 g/mol. The molecular weight excluding hydrogens is 581 g/mol. The molecule has 0 unspecified atom stereocenters. The van der Waals surface area contributed by atoms with E-state index in [2.05, 4.69) is 5.32 Å². The van der Waals surface area contributed by atoms with Crippen LogP contribution in [0, 0.1) is 20.8 Å². The minimum Gasteiger partial charge on any atom is -0.350 e. The number of carbonyl (C=O) groups is 2. The summed E-state index contributed by atoms with van der Waals surface area (Å²) in [7, 11) is -4.15. The maximum atomic E-state index is 14.1. The summed E-state index contributed by atoms with van der Waals surface area (Å²) >= 11 is 12.3. The molecular formula is C31H37Cl2N3O4S. The molecule has 0 aliphatic carbocycles. The Bertz CT molecular complexity index is 1510. The average molecular weight is 619 g/mol. The Morgan fingerprint density at radius 2 is 1.44 bits per heavy atom. The molecule has 0 bridgehead atoms. The van der Waals surface area contributed by atoms with Gasteiger partial charge in [-0.1, -0.05) is 53.0 Å². The molecule has 0 fully saturated rings. The lowest BCUT2D eigenvalue weighted by molar-refractivity contribution is -0.140. The Balaban J connectivity index is 2.09. The largest absolute Gasteiger partial charge is 0.350 e. The summed E-state index contributed by atoms with van der Waals surface area (Å²) in [6.45, 7) is 12.2. The molecule has 3 rings (SSSR count). The van der Waals surface area contributed by atoms with E-state index in [0.717, 1.165) is 21.0 Å². The van der Waals surface area contributed by atoms with Crippen LogP contribution in [0.5, 0.6) is 0 Å². The number of hydrogen-bond donors (Lipinski definition) is 1. The van der Waals surface area contributed by atoms with E-state index in [9.17, 15) is 18.0 Å². The van der Waals surface area contributed by atoms with Crippen LogP contribution in [0.4, 0.5) is 5.69 Å². The maximum absolute atomic E-state index is 14.1. The van der Waals surface area contributed by atoms with E-state index in [-0.39, 0.29) is 17.3 Å². The van der Waals surface area contributed by atoms with Gasteiger partial charge < -0.3 is 10.2 Å². The molecule has 220 valence electrons. The fourth-order valence-corrected chi connectivity index (χ4v) is 6.07. The van der Waals surface area contributed by atoms with Gasteiger partial charge in [0, 0.05) is 12.1 Å². The lowest BCUT2D eigenvalue weighted by atomic mass is 10.1. The second kappa shape index (κ2) is 12.8. The van der Waals surface area contributed by atoms with Crippen molar-refractivity contribution in [3.8, 4) is 0 Å². The smallest absolute Gasteiger partial charge is 0.264 e. The van der Waals surface area contributed by atoms with Gasteiger partial charge in [-0.15, -0.1) is 0 Å². The van der Waals surface area contributed by atoms with E-state index < -0.39 is 34.1 Å². The summed E-state index contributed by atoms with van der Waals surface area (Å²) in [5, 5.41) is 3.58. The molecule has 0 saturated heterocycles. The summed E-state index contributed by atoms with van der Waals surface area (Å²) < 4.78 is 29.1. The van der Waals surface area contributed by atoms with Crippen LogP contribution in [0.1, 0.15) is 49.9 Å². The Labute approximate surface area is 253 Å². The predicted molar refractivity (Wildman–Crippen MR) is 166 cm³/mol. The number of amides is 2. The number of hydrogen-bond acceptors (Lipinski definition) is 4. The number of nitrogens with one attached hydrogen (secondary N) is 1. The minimum atomic E-state index is -4.15. The first kappa shape index (κ1) is 32.4. The summed E-state index contributed by atoms with van der Waals surface area (Å²) in [6, 6.07) is 15.9. The third-order valence-electron chi connectivity index (χ3n) is 6.38. The molecule has 0 aliphatic heterocycles. The Kier molecular flexibility index (Phi) is 10.2. The third-order valence-corrected chi connectivity index (χ3v) is 8.91. The van der Waals surface area contributed by atoms with Crippen LogP contribution in [-0.2, 0) is 26.2 Å². The van der Waals surface area contributed by atoms with Gasteiger partial charge in [0.1, 0.15) is 12.6 Å². The van der Waals surface area contributed by atoms with Gasteiger partial charge in [0.15, 0.2) is 0 Å². The van der Waals surface area contributed by atoms with Gasteiger partial charge >= 0.3 is 0 Å².